The van der Waals surface area contributed by atoms with Crippen LogP contribution in [0.1, 0.15) is 0 Å². The van der Waals surface area contributed by atoms with E-state index in [1.165, 1.54) is 23.9 Å². The van der Waals surface area contributed by atoms with Crippen LogP contribution in [0.5, 0.6) is 0 Å². The molecule has 4 heteroatoms. The highest BCUT2D eigenvalue weighted by Crippen LogP contribution is 2.21. The fraction of sp³-hybridized carbons (Fsp3) is 0.125. The zero-order valence-corrected chi connectivity index (χ0v) is 7.19. The molecule has 1 aromatic carbocycles. The molecule has 0 saturated carbocycles. The van der Waals surface area contributed by atoms with Gasteiger partial charge in [-0.3, -0.25) is 0 Å². The van der Waals surface area contributed by atoms with Gasteiger partial charge in [-0.15, -0.1) is 0 Å². The summed E-state index contributed by atoms with van der Waals surface area (Å²) in [5.74, 6) is -0.300. The van der Waals surface area contributed by atoms with Gasteiger partial charge >= 0.3 is 0 Å². The van der Waals surface area contributed by atoms with E-state index >= 15 is 0 Å². The van der Waals surface area contributed by atoms with E-state index in [9.17, 15) is 4.39 Å². The zero-order chi connectivity index (χ0) is 8.55. The molecule has 0 spiro atoms. The van der Waals surface area contributed by atoms with Gasteiger partial charge in [0.2, 0.25) is 0 Å². The Bertz CT molecular complexity index is 412. The SMILES string of the molecule is CSc1nc2ccc(F)cc2o1. The van der Waals surface area contributed by atoms with Gasteiger partial charge in [0, 0.05) is 6.07 Å². The highest BCUT2D eigenvalue weighted by Gasteiger charge is 2.04. The number of halogens is 1. The fourth-order valence-electron chi connectivity index (χ4n) is 0.965. The Hall–Kier alpha value is -1.03. The molecule has 0 aliphatic carbocycles. The molecule has 2 aromatic rings. The van der Waals surface area contributed by atoms with E-state index in [2.05, 4.69) is 4.98 Å². The van der Waals surface area contributed by atoms with Crippen molar-refractivity contribution >= 4 is 22.9 Å². The van der Waals surface area contributed by atoms with Crippen molar-refractivity contribution in [1.29, 1.82) is 0 Å². The Morgan fingerprint density at radius 1 is 1.50 bits per heavy atom. The number of aromatic nitrogens is 1. The molecular formula is C8H6FNOS. The quantitative estimate of drug-likeness (QED) is 0.636. The number of fused-ring (bicyclic) bond motifs is 1. The van der Waals surface area contributed by atoms with E-state index in [1.54, 1.807) is 6.07 Å². The van der Waals surface area contributed by atoms with Crippen molar-refractivity contribution in [2.75, 3.05) is 6.26 Å². The monoisotopic (exact) mass is 183 g/mol. The summed E-state index contributed by atoms with van der Waals surface area (Å²) in [6.45, 7) is 0. The summed E-state index contributed by atoms with van der Waals surface area (Å²) in [7, 11) is 0. The van der Waals surface area contributed by atoms with Gasteiger partial charge in [0.05, 0.1) is 0 Å². The number of nitrogens with zero attached hydrogens (tertiary/aromatic N) is 1. The van der Waals surface area contributed by atoms with Crippen molar-refractivity contribution in [3.05, 3.63) is 24.0 Å². The second-order valence-electron chi connectivity index (χ2n) is 2.30. The summed E-state index contributed by atoms with van der Waals surface area (Å²) in [5.41, 5.74) is 1.19. The molecule has 0 unspecified atom stereocenters. The molecule has 0 aliphatic heterocycles. The van der Waals surface area contributed by atoms with Gasteiger partial charge in [-0.2, -0.15) is 0 Å². The molecule has 0 aliphatic rings. The number of rotatable bonds is 1. The highest BCUT2D eigenvalue weighted by atomic mass is 32.2. The van der Waals surface area contributed by atoms with Crippen molar-refractivity contribution < 1.29 is 8.81 Å². The Morgan fingerprint density at radius 2 is 2.33 bits per heavy atom. The zero-order valence-electron chi connectivity index (χ0n) is 6.37. The van der Waals surface area contributed by atoms with Gasteiger partial charge in [0.1, 0.15) is 11.3 Å². The van der Waals surface area contributed by atoms with Crippen LogP contribution >= 0.6 is 11.8 Å². The molecule has 0 fully saturated rings. The van der Waals surface area contributed by atoms with Gasteiger partial charge in [-0.25, -0.2) is 9.37 Å². The van der Waals surface area contributed by atoms with E-state index in [-0.39, 0.29) is 5.82 Å². The topological polar surface area (TPSA) is 26.0 Å². The van der Waals surface area contributed by atoms with E-state index in [0.29, 0.717) is 16.3 Å². The first-order valence-corrected chi connectivity index (χ1v) is 4.62. The number of hydrogen-bond acceptors (Lipinski definition) is 3. The van der Waals surface area contributed by atoms with E-state index < -0.39 is 0 Å². The standard InChI is InChI=1S/C8H6FNOS/c1-12-8-10-6-3-2-5(9)4-7(6)11-8/h2-4H,1H3. The van der Waals surface area contributed by atoms with E-state index in [1.807, 2.05) is 6.26 Å². The van der Waals surface area contributed by atoms with Gasteiger partial charge in [0.15, 0.2) is 5.58 Å². The minimum Gasteiger partial charge on any atom is -0.431 e. The molecule has 0 saturated heterocycles. The van der Waals surface area contributed by atoms with Crippen molar-refractivity contribution in [3.8, 4) is 0 Å². The second kappa shape index (κ2) is 2.79. The summed E-state index contributed by atoms with van der Waals surface area (Å²) in [6, 6.07) is 4.31. The van der Waals surface area contributed by atoms with Gasteiger partial charge in [-0.1, -0.05) is 11.8 Å². The largest absolute Gasteiger partial charge is 0.431 e. The van der Waals surface area contributed by atoms with Crippen molar-refractivity contribution in [1.82, 2.24) is 4.98 Å². The third-order valence-electron chi connectivity index (χ3n) is 1.51. The maximum Gasteiger partial charge on any atom is 0.256 e. The summed E-state index contributed by atoms with van der Waals surface area (Å²) in [4.78, 5) is 4.10. The molecular weight excluding hydrogens is 177 g/mol. The van der Waals surface area contributed by atoms with Crippen LogP contribution in [-0.2, 0) is 0 Å². The molecule has 1 aromatic heterocycles. The lowest BCUT2D eigenvalue weighted by Crippen LogP contribution is -1.71. The molecule has 0 atom stereocenters. The average Bonchev–Trinajstić information content (AvgIpc) is 2.46. The molecule has 1 heterocycles. The number of oxazole rings is 1. The molecule has 2 nitrogen and oxygen atoms in total. The summed E-state index contributed by atoms with van der Waals surface area (Å²) in [5, 5.41) is 0.565. The van der Waals surface area contributed by atoms with E-state index in [0.717, 1.165) is 0 Å². The first kappa shape index (κ1) is 7.61. The predicted molar refractivity (Wildman–Crippen MR) is 45.7 cm³/mol. The van der Waals surface area contributed by atoms with Crippen molar-refractivity contribution in [3.63, 3.8) is 0 Å². The van der Waals surface area contributed by atoms with Crippen LogP contribution in [0.4, 0.5) is 4.39 Å². The van der Waals surface area contributed by atoms with Crippen molar-refractivity contribution in [2.24, 2.45) is 0 Å². The minimum absolute atomic E-state index is 0.300. The van der Waals surface area contributed by atoms with Gasteiger partial charge in [0.25, 0.3) is 5.22 Å². The lowest BCUT2D eigenvalue weighted by molar-refractivity contribution is 0.488. The predicted octanol–water partition coefficient (Wildman–Crippen LogP) is 2.69. The van der Waals surface area contributed by atoms with Crippen LogP contribution in [0.15, 0.2) is 27.8 Å². The summed E-state index contributed by atoms with van der Waals surface area (Å²) in [6.07, 6.45) is 1.86. The van der Waals surface area contributed by atoms with E-state index in [4.69, 9.17) is 4.42 Å². The minimum atomic E-state index is -0.300. The molecule has 12 heavy (non-hydrogen) atoms. The maximum absolute atomic E-state index is 12.7. The van der Waals surface area contributed by atoms with Gasteiger partial charge in [-0.05, 0) is 18.4 Å². The van der Waals surface area contributed by atoms with Crippen LogP contribution in [0.25, 0.3) is 11.1 Å². The van der Waals surface area contributed by atoms with Crippen LogP contribution in [0.2, 0.25) is 0 Å². The Balaban J connectivity index is 2.67. The molecule has 62 valence electrons. The lowest BCUT2D eigenvalue weighted by Gasteiger charge is -1.84. The molecule has 0 N–H and O–H groups in total. The smallest absolute Gasteiger partial charge is 0.256 e. The highest BCUT2D eigenvalue weighted by molar-refractivity contribution is 7.98. The third kappa shape index (κ3) is 1.18. The summed E-state index contributed by atoms with van der Waals surface area (Å²) < 4.78 is 17.9. The Labute approximate surface area is 72.8 Å². The molecule has 0 amide bonds. The molecule has 2 rings (SSSR count). The molecule has 0 radical (unpaired) electrons. The Morgan fingerprint density at radius 3 is 3.08 bits per heavy atom. The average molecular weight is 183 g/mol. The number of thioether (sulfide) groups is 1. The normalized spacial score (nSPS) is 10.8. The van der Waals surface area contributed by atoms with Crippen LogP contribution in [-0.4, -0.2) is 11.2 Å². The Kier molecular flexibility index (Phi) is 1.77. The first-order chi connectivity index (χ1) is 5.79. The van der Waals surface area contributed by atoms with Crippen LogP contribution < -0.4 is 0 Å². The molecule has 0 bridgehead atoms. The fourth-order valence-corrected chi connectivity index (χ4v) is 1.33. The van der Waals surface area contributed by atoms with Crippen molar-refractivity contribution in [2.45, 2.75) is 5.22 Å². The number of benzene rings is 1. The first-order valence-electron chi connectivity index (χ1n) is 3.39. The van der Waals surface area contributed by atoms with Crippen LogP contribution in [0.3, 0.4) is 0 Å². The number of hydrogen-bond donors (Lipinski definition) is 0. The lowest BCUT2D eigenvalue weighted by atomic mass is 10.3. The third-order valence-corrected chi connectivity index (χ3v) is 2.03. The van der Waals surface area contributed by atoms with Crippen LogP contribution in [0, 0.1) is 5.82 Å². The second-order valence-corrected chi connectivity index (χ2v) is 3.05. The maximum atomic E-state index is 12.7. The summed E-state index contributed by atoms with van der Waals surface area (Å²) >= 11 is 1.40. The van der Waals surface area contributed by atoms with Gasteiger partial charge < -0.3 is 4.42 Å².